The molecule has 0 radical (unpaired) electrons. The maximum atomic E-state index is 12.8. The zero-order valence-electron chi connectivity index (χ0n) is 12.7. The van der Waals surface area contributed by atoms with Gasteiger partial charge in [-0.05, 0) is 24.3 Å². The Labute approximate surface area is 133 Å². The minimum absolute atomic E-state index is 0.0949. The van der Waals surface area contributed by atoms with Crippen LogP contribution >= 0.6 is 0 Å². The van der Waals surface area contributed by atoms with Crippen LogP contribution in [-0.4, -0.2) is 41.7 Å². The number of halogens is 1. The Morgan fingerprint density at radius 3 is 2.83 bits per heavy atom. The van der Waals surface area contributed by atoms with Crippen LogP contribution in [-0.2, 0) is 11.3 Å². The number of hydrogen-bond donors (Lipinski definition) is 1. The standard InChI is InChI=1S/C16H20FN3O3/c17-12-2-4-13(5-3-12)22-7-1-6-20-9-14(8-19-20)23-16-11-21-10-15(16)18/h2-5,8-9,15-16H,1,6-7,10-11,18H2/t15-,16+/m0/s1. The third kappa shape index (κ3) is 4.43. The van der Waals surface area contributed by atoms with Crippen molar-refractivity contribution in [2.75, 3.05) is 19.8 Å². The second kappa shape index (κ2) is 7.43. The molecule has 1 saturated heterocycles. The van der Waals surface area contributed by atoms with Gasteiger partial charge in [0.1, 0.15) is 17.7 Å². The van der Waals surface area contributed by atoms with Crippen LogP contribution in [0.5, 0.6) is 11.5 Å². The molecule has 7 heteroatoms. The van der Waals surface area contributed by atoms with Crippen molar-refractivity contribution in [2.45, 2.75) is 25.1 Å². The Morgan fingerprint density at radius 1 is 1.26 bits per heavy atom. The molecule has 0 amide bonds. The summed E-state index contributed by atoms with van der Waals surface area (Å²) in [6, 6.07) is 5.89. The van der Waals surface area contributed by atoms with Crippen molar-refractivity contribution >= 4 is 0 Å². The predicted octanol–water partition coefficient (Wildman–Crippen LogP) is 1.60. The van der Waals surface area contributed by atoms with Gasteiger partial charge in [-0.25, -0.2) is 4.39 Å². The number of benzene rings is 1. The molecule has 0 spiro atoms. The topological polar surface area (TPSA) is 71.5 Å². The van der Waals surface area contributed by atoms with Gasteiger partial charge < -0.3 is 19.9 Å². The van der Waals surface area contributed by atoms with Gasteiger partial charge >= 0.3 is 0 Å². The first-order valence-electron chi connectivity index (χ1n) is 7.61. The third-order valence-corrected chi connectivity index (χ3v) is 3.58. The second-order valence-corrected chi connectivity index (χ2v) is 5.45. The van der Waals surface area contributed by atoms with E-state index >= 15 is 0 Å². The Balaban J connectivity index is 1.39. The Bertz CT molecular complexity index is 617. The molecule has 1 aliphatic heterocycles. The number of nitrogens with two attached hydrogens (primary N) is 1. The molecule has 0 saturated carbocycles. The fourth-order valence-electron chi connectivity index (χ4n) is 2.32. The Hall–Kier alpha value is -2.12. The monoisotopic (exact) mass is 321 g/mol. The average molecular weight is 321 g/mol. The van der Waals surface area contributed by atoms with Crippen LogP contribution in [0.15, 0.2) is 36.7 Å². The van der Waals surface area contributed by atoms with Gasteiger partial charge in [0, 0.05) is 13.0 Å². The number of hydrogen-bond acceptors (Lipinski definition) is 5. The van der Waals surface area contributed by atoms with Crippen LogP contribution in [0.1, 0.15) is 6.42 Å². The highest BCUT2D eigenvalue weighted by Crippen LogP contribution is 2.16. The maximum absolute atomic E-state index is 12.8. The summed E-state index contributed by atoms with van der Waals surface area (Å²) in [6.07, 6.45) is 4.17. The van der Waals surface area contributed by atoms with E-state index in [1.54, 1.807) is 23.0 Å². The minimum atomic E-state index is -0.270. The summed E-state index contributed by atoms with van der Waals surface area (Å²) < 4.78 is 31.1. The average Bonchev–Trinajstić information content (AvgIpc) is 3.16. The number of aryl methyl sites for hydroxylation is 1. The zero-order valence-corrected chi connectivity index (χ0v) is 12.7. The van der Waals surface area contributed by atoms with Crippen LogP contribution in [0.3, 0.4) is 0 Å². The molecule has 0 bridgehead atoms. The lowest BCUT2D eigenvalue weighted by Crippen LogP contribution is -2.37. The molecule has 1 fully saturated rings. The van der Waals surface area contributed by atoms with Crippen molar-refractivity contribution in [2.24, 2.45) is 5.73 Å². The molecule has 0 unspecified atom stereocenters. The van der Waals surface area contributed by atoms with Gasteiger partial charge in [0.2, 0.25) is 0 Å². The lowest BCUT2D eigenvalue weighted by Gasteiger charge is -2.13. The van der Waals surface area contributed by atoms with Crippen molar-refractivity contribution < 1.29 is 18.6 Å². The number of aromatic nitrogens is 2. The largest absolute Gasteiger partial charge is 0.494 e. The smallest absolute Gasteiger partial charge is 0.157 e. The van der Waals surface area contributed by atoms with E-state index in [1.807, 2.05) is 6.20 Å². The summed E-state index contributed by atoms with van der Waals surface area (Å²) in [4.78, 5) is 0. The summed E-state index contributed by atoms with van der Waals surface area (Å²) in [6.45, 7) is 2.28. The molecule has 2 heterocycles. The first-order chi connectivity index (χ1) is 11.2. The van der Waals surface area contributed by atoms with E-state index in [-0.39, 0.29) is 18.0 Å². The molecule has 6 nitrogen and oxygen atoms in total. The van der Waals surface area contributed by atoms with E-state index in [4.69, 9.17) is 19.9 Å². The summed E-state index contributed by atoms with van der Waals surface area (Å²) in [5.41, 5.74) is 5.88. The summed E-state index contributed by atoms with van der Waals surface area (Å²) in [7, 11) is 0. The van der Waals surface area contributed by atoms with Gasteiger partial charge in [0.25, 0.3) is 0 Å². The molecule has 2 atom stereocenters. The second-order valence-electron chi connectivity index (χ2n) is 5.45. The number of nitrogens with zero attached hydrogens (tertiary/aromatic N) is 2. The fraction of sp³-hybridized carbons (Fsp3) is 0.438. The predicted molar refractivity (Wildman–Crippen MR) is 81.9 cm³/mol. The molecule has 1 aliphatic rings. The van der Waals surface area contributed by atoms with Crippen molar-refractivity contribution in [3.05, 3.63) is 42.5 Å². The quantitative estimate of drug-likeness (QED) is 0.784. The van der Waals surface area contributed by atoms with E-state index < -0.39 is 0 Å². The molecule has 1 aromatic carbocycles. The Kier molecular flexibility index (Phi) is 5.09. The normalized spacial score (nSPS) is 20.6. The zero-order chi connectivity index (χ0) is 16.1. The van der Waals surface area contributed by atoms with Gasteiger partial charge in [-0.15, -0.1) is 0 Å². The number of rotatable bonds is 7. The summed E-state index contributed by atoms with van der Waals surface area (Å²) in [5.74, 6) is 1.08. The van der Waals surface area contributed by atoms with Crippen molar-refractivity contribution in [3.63, 3.8) is 0 Å². The van der Waals surface area contributed by atoms with Gasteiger partial charge in [0.05, 0.1) is 38.3 Å². The van der Waals surface area contributed by atoms with Crippen LogP contribution in [0, 0.1) is 5.82 Å². The van der Waals surface area contributed by atoms with E-state index in [9.17, 15) is 4.39 Å². The summed E-state index contributed by atoms with van der Waals surface area (Å²) >= 11 is 0. The lowest BCUT2D eigenvalue weighted by atomic mass is 10.2. The first kappa shape index (κ1) is 15.8. The molecule has 23 heavy (non-hydrogen) atoms. The molecule has 124 valence electrons. The van der Waals surface area contributed by atoms with Crippen molar-refractivity contribution in [1.82, 2.24) is 9.78 Å². The summed E-state index contributed by atoms with van der Waals surface area (Å²) in [5, 5.41) is 4.24. The van der Waals surface area contributed by atoms with Crippen LogP contribution < -0.4 is 15.2 Å². The molecular weight excluding hydrogens is 301 g/mol. The molecule has 1 aromatic heterocycles. The molecule has 3 rings (SSSR count). The lowest BCUT2D eigenvalue weighted by molar-refractivity contribution is 0.140. The SMILES string of the molecule is N[C@H]1COC[C@H]1Oc1cnn(CCCOc2ccc(F)cc2)c1. The highest BCUT2D eigenvalue weighted by molar-refractivity contribution is 5.21. The van der Waals surface area contributed by atoms with Crippen molar-refractivity contribution in [1.29, 1.82) is 0 Å². The fourth-order valence-corrected chi connectivity index (χ4v) is 2.32. The van der Waals surface area contributed by atoms with Gasteiger partial charge in [-0.1, -0.05) is 0 Å². The highest BCUT2D eigenvalue weighted by Gasteiger charge is 2.26. The van der Waals surface area contributed by atoms with Crippen LogP contribution in [0.25, 0.3) is 0 Å². The van der Waals surface area contributed by atoms with E-state index in [0.717, 1.165) is 6.42 Å². The minimum Gasteiger partial charge on any atom is -0.494 e. The van der Waals surface area contributed by atoms with Crippen LogP contribution in [0.4, 0.5) is 4.39 Å². The van der Waals surface area contributed by atoms with Gasteiger partial charge in [-0.2, -0.15) is 5.10 Å². The van der Waals surface area contributed by atoms with Crippen LogP contribution in [0.2, 0.25) is 0 Å². The van der Waals surface area contributed by atoms with Crippen molar-refractivity contribution in [3.8, 4) is 11.5 Å². The first-order valence-corrected chi connectivity index (χ1v) is 7.61. The molecule has 2 aromatic rings. The third-order valence-electron chi connectivity index (χ3n) is 3.58. The molecular formula is C16H20FN3O3. The van der Waals surface area contributed by atoms with Gasteiger partial charge in [-0.3, -0.25) is 4.68 Å². The van der Waals surface area contributed by atoms with E-state index in [1.165, 1.54) is 12.1 Å². The van der Waals surface area contributed by atoms with Gasteiger partial charge in [0.15, 0.2) is 5.75 Å². The van der Waals surface area contributed by atoms with E-state index in [0.29, 0.717) is 37.9 Å². The van der Waals surface area contributed by atoms with E-state index in [2.05, 4.69) is 5.10 Å². The molecule has 2 N–H and O–H groups in total. The number of ether oxygens (including phenoxy) is 3. The Morgan fingerprint density at radius 2 is 2.09 bits per heavy atom. The maximum Gasteiger partial charge on any atom is 0.157 e. The highest BCUT2D eigenvalue weighted by atomic mass is 19.1. The molecule has 0 aliphatic carbocycles.